The number of imidazole rings is 1. The second kappa shape index (κ2) is 4.28. The highest BCUT2D eigenvalue weighted by atomic mass is 35.5. The molecule has 0 saturated carbocycles. The molecule has 0 unspecified atom stereocenters. The first kappa shape index (κ1) is 11.2. The van der Waals surface area contributed by atoms with Crippen LogP contribution in [0.15, 0.2) is 24.3 Å². The summed E-state index contributed by atoms with van der Waals surface area (Å²) in [5.74, 6) is 0.856. The molecule has 1 aromatic heterocycles. The molecule has 0 saturated heterocycles. The van der Waals surface area contributed by atoms with Gasteiger partial charge in [-0.1, -0.05) is 35.4 Å². The van der Waals surface area contributed by atoms with Gasteiger partial charge in [0, 0.05) is 19.2 Å². The first-order valence-electron chi connectivity index (χ1n) is 5.11. The van der Waals surface area contributed by atoms with Crippen LogP contribution in [0.1, 0.15) is 11.3 Å². The molecule has 2 aromatic rings. The SMILES string of the molecule is Cc1cccc(-c2nc(Cl)c(CN)n2C)c1. The van der Waals surface area contributed by atoms with Gasteiger partial charge in [-0.2, -0.15) is 0 Å². The average Bonchev–Trinajstić information content (AvgIpc) is 2.54. The Labute approximate surface area is 99.9 Å². The Bertz CT molecular complexity index is 517. The molecule has 0 amide bonds. The van der Waals surface area contributed by atoms with Crippen molar-refractivity contribution < 1.29 is 0 Å². The molecule has 1 aromatic carbocycles. The number of rotatable bonds is 2. The van der Waals surface area contributed by atoms with Gasteiger partial charge in [-0.25, -0.2) is 4.98 Å². The first-order valence-corrected chi connectivity index (χ1v) is 5.49. The topological polar surface area (TPSA) is 43.8 Å². The van der Waals surface area contributed by atoms with Crippen molar-refractivity contribution in [1.29, 1.82) is 0 Å². The molecule has 4 heteroatoms. The van der Waals surface area contributed by atoms with E-state index < -0.39 is 0 Å². The van der Waals surface area contributed by atoms with Crippen LogP contribution in [0.4, 0.5) is 0 Å². The number of halogens is 1. The van der Waals surface area contributed by atoms with Crippen molar-refractivity contribution in [3.63, 3.8) is 0 Å². The molecule has 3 nitrogen and oxygen atoms in total. The highest BCUT2D eigenvalue weighted by Gasteiger charge is 2.12. The van der Waals surface area contributed by atoms with E-state index in [0.29, 0.717) is 11.7 Å². The van der Waals surface area contributed by atoms with Gasteiger partial charge in [-0.3, -0.25) is 0 Å². The lowest BCUT2D eigenvalue weighted by Crippen LogP contribution is -2.04. The van der Waals surface area contributed by atoms with E-state index in [0.717, 1.165) is 17.1 Å². The molecule has 0 fully saturated rings. The normalized spacial score (nSPS) is 10.8. The molecular weight excluding hydrogens is 222 g/mol. The lowest BCUT2D eigenvalue weighted by molar-refractivity contribution is 0.828. The van der Waals surface area contributed by atoms with Crippen molar-refractivity contribution in [2.45, 2.75) is 13.5 Å². The zero-order valence-corrected chi connectivity index (χ0v) is 10.1. The van der Waals surface area contributed by atoms with Gasteiger partial charge in [0.05, 0.1) is 5.69 Å². The molecule has 2 rings (SSSR count). The molecule has 0 atom stereocenters. The number of nitrogens with two attached hydrogens (primary N) is 1. The van der Waals surface area contributed by atoms with Crippen LogP contribution in [0.25, 0.3) is 11.4 Å². The predicted octanol–water partition coefficient (Wildman–Crippen LogP) is 2.51. The maximum Gasteiger partial charge on any atom is 0.152 e. The first-order chi connectivity index (χ1) is 7.63. The zero-order chi connectivity index (χ0) is 11.7. The summed E-state index contributed by atoms with van der Waals surface area (Å²) < 4.78 is 1.94. The molecule has 0 bridgehead atoms. The van der Waals surface area contributed by atoms with Gasteiger partial charge in [0.1, 0.15) is 5.82 Å². The van der Waals surface area contributed by atoms with E-state index >= 15 is 0 Å². The summed E-state index contributed by atoms with van der Waals surface area (Å²) in [6.07, 6.45) is 0. The summed E-state index contributed by atoms with van der Waals surface area (Å²) in [6.45, 7) is 2.45. The summed E-state index contributed by atoms with van der Waals surface area (Å²) in [5, 5.41) is 0.488. The summed E-state index contributed by atoms with van der Waals surface area (Å²) in [7, 11) is 1.93. The maximum atomic E-state index is 6.03. The van der Waals surface area contributed by atoms with Crippen LogP contribution in [0.2, 0.25) is 5.15 Å². The molecule has 16 heavy (non-hydrogen) atoms. The zero-order valence-electron chi connectivity index (χ0n) is 9.37. The third-order valence-electron chi connectivity index (χ3n) is 2.63. The molecule has 0 radical (unpaired) electrons. The fourth-order valence-corrected chi connectivity index (χ4v) is 2.05. The number of benzene rings is 1. The minimum absolute atomic E-state index is 0.397. The smallest absolute Gasteiger partial charge is 0.152 e. The summed E-state index contributed by atoms with van der Waals surface area (Å²) in [5.41, 5.74) is 8.75. The Hall–Kier alpha value is -1.32. The molecule has 0 aliphatic carbocycles. The van der Waals surface area contributed by atoms with Crippen molar-refractivity contribution in [2.75, 3.05) is 0 Å². The standard InChI is InChI=1S/C12H14ClN3/c1-8-4-3-5-9(6-8)12-15-11(13)10(7-14)16(12)2/h3-6H,7,14H2,1-2H3. The molecule has 0 aliphatic rings. The summed E-state index contributed by atoms with van der Waals surface area (Å²) in [4.78, 5) is 4.34. The number of nitrogens with zero attached hydrogens (tertiary/aromatic N) is 2. The van der Waals surface area contributed by atoms with E-state index in [1.54, 1.807) is 0 Å². The molecular formula is C12H14ClN3. The molecule has 1 heterocycles. The Morgan fingerprint density at radius 2 is 2.19 bits per heavy atom. The van der Waals surface area contributed by atoms with Crippen molar-refractivity contribution in [2.24, 2.45) is 12.8 Å². The Kier molecular flexibility index (Phi) is 2.99. The van der Waals surface area contributed by atoms with Gasteiger partial charge in [-0.15, -0.1) is 0 Å². The summed E-state index contributed by atoms with van der Waals surface area (Å²) >= 11 is 6.03. The van der Waals surface area contributed by atoms with Crippen LogP contribution >= 0.6 is 11.6 Å². The Morgan fingerprint density at radius 1 is 1.44 bits per heavy atom. The third-order valence-corrected chi connectivity index (χ3v) is 2.94. The van der Waals surface area contributed by atoms with E-state index in [9.17, 15) is 0 Å². The van der Waals surface area contributed by atoms with Crippen molar-refractivity contribution >= 4 is 11.6 Å². The van der Waals surface area contributed by atoms with Crippen LogP contribution in [0.3, 0.4) is 0 Å². The molecule has 2 N–H and O–H groups in total. The lowest BCUT2D eigenvalue weighted by Gasteiger charge is -2.04. The molecule has 84 valence electrons. The largest absolute Gasteiger partial charge is 0.329 e. The number of hydrogen-bond donors (Lipinski definition) is 1. The van der Waals surface area contributed by atoms with Crippen LogP contribution in [0.5, 0.6) is 0 Å². The van der Waals surface area contributed by atoms with Crippen molar-refractivity contribution in [3.8, 4) is 11.4 Å². The average molecular weight is 236 g/mol. The van der Waals surface area contributed by atoms with Gasteiger partial charge in [-0.05, 0) is 13.0 Å². The van der Waals surface area contributed by atoms with Crippen LogP contribution in [-0.2, 0) is 13.6 Å². The number of hydrogen-bond acceptors (Lipinski definition) is 2. The molecule has 0 spiro atoms. The second-order valence-corrected chi connectivity index (χ2v) is 4.16. The van der Waals surface area contributed by atoms with Crippen LogP contribution < -0.4 is 5.73 Å². The van der Waals surface area contributed by atoms with Gasteiger partial charge < -0.3 is 10.3 Å². The van der Waals surface area contributed by atoms with Crippen LogP contribution in [0, 0.1) is 6.92 Å². The second-order valence-electron chi connectivity index (χ2n) is 3.81. The van der Waals surface area contributed by atoms with Gasteiger partial charge >= 0.3 is 0 Å². The van der Waals surface area contributed by atoms with E-state index in [4.69, 9.17) is 17.3 Å². The highest BCUT2D eigenvalue weighted by molar-refractivity contribution is 6.30. The van der Waals surface area contributed by atoms with E-state index in [1.165, 1.54) is 5.56 Å². The van der Waals surface area contributed by atoms with Gasteiger partial charge in [0.2, 0.25) is 0 Å². The highest BCUT2D eigenvalue weighted by Crippen LogP contribution is 2.24. The maximum absolute atomic E-state index is 6.03. The minimum Gasteiger partial charge on any atom is -0.329 e. The number of aryl methyl sites for hydroxylation is 1. The Balaban J connectivity index is 2.56. The third kappa shape index (κ3) is 1.84. The van der Waals surface area contributed by atoms with Crippen molar-refractivity contribution in [3.05, 3.63) is 40.7 Å². The number of aromatic nitrogens is 2. The monoisotopic (exact) mass is 235 g/mol. The Morgan fingerprint density at radius 3 is 2.75 bits per heavy atom. The fraction of sp³-hybridized carbons (Fsp3) is 0.250. The van der Waals surface area contributed by atoms with Crippen LogP contribution in [-0.4, -0.2) is 9.55 Å². The van der Waals surface area contributed by atoms with E-state index in [1.807, 2.05) is 23.7 Å². The lowest BCUT2D eigenvalue weighted by atomic mass is 10.1. The van der Waals surface area contributed by atoms with Gasteiger partial charge in [0.25, 0.3) is 0 Å². The molecule has 0 aliphatic heterocycles. The van der Waals surface area contributed by atoms with Gasteiger partial charge in [0.15, 0.2) is 5.15 Å². The summed E-state index contributed by atoms with van der Waals surface area (Å²) in [6, 6.07) is 8.16. The quantitative estimate of drug-likeness (QED) is 0.869. The minimum atomic E-state index is 0.397. The van der Waals surface area contributed by atoms with Crippen molar-refractivity contribution in [1.82, 2.24) is 9.55 Å². The predicted molar refractivity (Wildman–Crippen MR) is 66.3 cm³/mol. The van der Waals surface area contributed by atoms with E-state index in [-0.39, 0.29) is 0 Å². The fourth-order valence-electron chi connectivity index (χ4n) is 1.76. The van der Waals surface area contributed by atoms with E-state index in [2.05, 4.69) is 24.0 Å².